The molecule has 2 unspecified atom stereocenters. The van der Waals surface area contributed by atoms with Crippen molar-refractivity contribution in [3.8, 4) is 5.75 Å². The number of nitrogen functional groups attached to an aromatic ring is 1. The fourth-order valence-electron chi connectivity index (χ4n) is 6.48. The van der Waals surface area contributed by atoms with E-state index in [4.69, 9.17) is 20.9 Å². The van der Waals surface area contributed by atoms with Gasteiger partial charge in [0.2, 0.25) is 0 Å². The second-order valence-electron chi connectivity index (χ2n) is 12.4. The van der Waals surface area contributed by atoms with E-state index in [-0.39, 0.29) is 11.9 Å². The Morgan fingerprint density at radius 2 is 1.98 bits per heavy atom. The standard InChI is InChI=1S/C32H48N8O5/c33-26(32(42)43)13-17-39(19-25-18-27(41)31(45-25)40-21-38-28-29(34)36-20-37-30(28)40)16-5-14-35-15-12-22-6-4-9-24(11-10-22)44-23-7-2-1-3-8-23/h1-3,7-8,20-22,24-27,31,35,41H,4-6,9-19,33H2,(H,42,43)(H2,34,36,37)/t22?,24?,25-,26-,27+,31+/m0/s1. The molecule has 2 aromatic heterocycles. The number of aliphatic hydroxyl groups is 1. The Morgan fingerprint density at radius 3 is 2.80 bits per heavy atom. The molecule has 45 heavy (non-hydrogen) atoms. The monoisotopic (exact) mass is 624 g/mol. The van der Waals surface area contributed by atoms with Gasteiger partial charge in [0.1, 0.15) is 29.7 Å². The molecule has 2 fully saturated rings. The number of hydrogen-bond acceptors (Lipinski definition) is 11. The molecule has 1 aliphatic carbocycles. The highest BCUT2D eigenvalue weighted by molar-refractivity contribution is 5.81. The Bertz CT molecular complexity index is 1340. The number of nitrogens with two attached hydrogens (primary N) is 2. The molecule has 0 spiro atoms. The Hall–Kier alpha value is -3.36. The summed E-state index contributed by atoms with van der Waals surface area (Å²) in [5, 5.41) is 23.8. The third kappa shape index (κ3) is 9.33. The normalized spacial score (nSPS) is 24.6. The largest absolute Gasteiger partial charge is 0.490 e. The number of rotatable bonds is 16. The fraction of sp³-hybridized carbons (Fsp3) is 0.625. The van der Waals surface area contributed by atoms with Crippen molar-refractivity contribution < 1.29 is 24.5 Å². The molecule has 0 amide bonds. The minimum absolute atomic E-state index is 0.249. The van der Waals surface area contributed by atoms with Gasteiger partial charge in [0.25, 0.3) is 0 Å². The second kappa shape index (κ2) is 16.3. The first kappa shape index (κ1) is 33.0. The molecule has 3 aromatic rings. The van der Waals surface area contributed by atoms with E-state index in [0.29, 0.717) is 49.1 Å². The van der Waals surface area contributed by atoms with Gasteiger partial charge < -0.3 is 41.4 Å². The second-order valence-corrected chi connectivity index (χ2v) is 12.4. The van der Waals surface area contributed by atoms with Crippen molar-refractivity contribution in [3.63, 3.8) is 0 Å². The number of aliphatic hydroxyl groups excluding tert-OH is 1. The van der Waals surface area contributed by atoms with Crippen LogP contribution in [-0.2, 0) is 9.53 Å². The quantitative estimate of drug-likeness (QED) is 0.116. The van der Waals surface area contributed by atoms with Gasteiger partial charge in [-0.2, -0.15) is 0 Å². The van der Waals surface area contributed by atoms with Gasteiger partial charge in [0.05, 0.1) is 18.5 Å². The molecule has 2 aliphatic rings. The first-order valence-electron chi connectivity index (χ1n) is 16.3. The number of aromatic nitrogens is 4. The highest BCUT2D eigenvalue weighted by atomic mass is 16.5. The average molecular weight is 625 g/mol. The maximum atomic E-state index is 11.3. The van der Waals surface area contributed by atoms with Gasteiger partial charge >= 0.3 is 5.97 Å². The Labute approximate surface area is 264 Å². The van der Waals surface area contributed by atoms with Crippen molar-refractivity contribution in [2.24, 2.45) is 11.7 Å². The van der Waals surface area contributed by atoms with Crippen molar-refractivity contribution in [1.29, 1.82) is 0 Å². The number of carbonyl (C=O) groups is 1. The smallest absolute Gasteiger partial charge is 0.320 e. The van der Waals surface area contributed by atoms with Gasteiger partial charge in [-0.3, -0.25) is 9.36 Å². The molecule has 7 N–H and O–H groups in total. The number of hydrogen-bond donors (Lipinski definition) is 5. The van der Waals surface area contributed by atoms with Crippen molar-refractivity contribution >= 4 is 23.0 Å². The number of anilines is 1. The summed E-state index contributed by atoms with van der Waals surface area (Å²) in [5.74, 6) is 0.942. The van der Waals surface area contributed by atoms with Gasteiger partial charge in [-0.25, -0.2) is 15.0 Å². The molecule has 6 atom stereocenters. The van der Waals surface area contributed by atoms with Crippen LogP contribution in [0.2, 0.25) is 0 Å². The van der Waals surface area contributed by atoms with Crippen LogP contribution >= 0.6 is 0 Å². The lowest BCUT2D eigenvalue weighted by molar-refractivity contribution is -0.138. The van der Waals surface area contributed by atoms with E-state index in [1.807, 2.05) is 30.3 Å². The van der Waals surface area contributed by atoms with E-state index in [9.17, 15) is 15.0 Å². The van der Waals surface area contributed by atoms with Crippen LogP contribution in [0.4, 0.5) is 5.82 Å². The zero-order chi connectivity index (χ0) is 31.6. The lowest BCUT2D eigenvalue weighted by atomic mass is 9.96. The molecule has 246 valence electrons. The topological polar surface area (TPSA) is 187 Å². The number of para-hydroxylation sites is 1. The summed E-state index contributed by atoms with van der Waals surface area (Å²) >= 11 is 0. The maximum absolute atomic E-state index is 11.3. The van der Waals surface area contributed by atoms with Gasteiger partial charge in [-0.15, -0.1) is 0 Å². The van der Waals surface area contributed by atoms with Gasteiger partial charge in [0.15, 0.2) is 17.7 Å². The minimum Gasteiger partial charge on any atom is -0.490 e. The molecule has 1 saturated carbocycles. The highest BCUT2D eigenvalue weighted by Gasteiger charge is 2.37. The van der Waals surface area contributed by atoms with E-state index < -0.39 is 24.3 Å². The summed E-state index contributed by atoms with van der Waals surface area (Å²) in [4.78, 5) is 26.1. The van der Waals surface area contributed by atoms with E-state index >= 15 is 0 Å². The van der Waals surface area contributed by atoms with E-state index in [1.54, 1.807) is 10.9 Å². The molecule has 1 saturated heterocycles. The number of aliphatic carboxylic acids is 1. The summed E-state index contributed by atoms with van der Waals surface area (Å²) < 4.78 is 14.2. The minimum atomic E-state index is -1.01. The number of nitrogens with zero attached hydrogens (tertiary/aromatic N) is 5. The van der Waals surface area contributed by atoms with Crippen LogP contribution in [-0.4, -0.2) is 97.7 Å². The number of ether oxygens (including phenoxy) is 2. The lowest BCUT2D eigenvalue weighted by Crippen LogP contribution is -2.39. The van der Waals surface area contributed by atoms with Gasteiger partial charge in [0, 0.05) is 19.5 Å². The number of imidazole rings is 1. The van der Waals surface area contributed by atoms with E-state index in [0.717, 1.165) is 51.1 Å². The van der Waals surface area contributed by atoms with Crippen LogP contribution in [0.15, 0.2) is 43.0 Å². The van der Waals surface area contributed by atoms with Crippen molar-refractivity contribution in [2.75, 3.05) is 38.5 Å². The van der Waals surface area contributed by atoms with Crippen molar-refractivity contribution in [2.45, 2.75) is 88.4 Å². The van der Waals surface area contributed by atoms with E-state index in [2.05, 4.69) is 25.2 Å². The first-order valence-corrected chi connectivity index (χ1v) is 16.3. The summed E-state index contributed by atoms with van der Waals surface area (Å²) in [6, 6.07) is 9.19. The van der Waals surface area contributed by atoms with E-state index in [1.165, 1.54) is 25.6 Å². The highest BCUT2D eigenvalue weighted by Crippen LogP contribution is 2.32. The van der Waals surface area contributed by atoms with Crippen LogP contribution in [0.25, 0.3) is 11.2 Å². The molecule has 0 bridgehead atoms. The third-order valence-corrected chi connectivity index (χ3v) is 9.00. The Morgan fingerprint density at radius 1 is 1.13 bits per heavy atom. The fourth-order valence-corrected chi connectivity index (χ4v) is 6.48. The average Bonchev–Trinajstić information content (AvgIpc) is 3.55. The molecule has 13 nitrogen and oxygen atoms in total. The van der Waals surface area contributed by atoms with Crippen molar-refractivity contribution in [3.05, 3.63) is 43.0 Å². The summed E-state index contributed by atoms with van der Waals surface area (Å²) in [6.07, 6.45) is 10.3. The molecule has 13 heteroatoms. The molecule has 1 aliphatic heterocycles. The number of nitrogens with one attached hydrogen (secondary N) is 1. The molecule has 5 rings (SSSR count). The molecular weight excluding hydrogens is 576 g/mol. The predicted molar refractivity (Wildman–Crippen MR) is 170 cm³/mol. The zero-order valence-electron chi connectivity index (χ0n) is 25.9. The van der Waals surface area contributed by atoms with Gasteiger partial charge in [-0.1, -0.05) is 24.6 Å². The van der Waals surface area contributed by atoms with Gasteiger partial charge in [-0.05, 0) is 82.6 Å². The van der Waals surface area contributed by atoms with Crippen LogP contribution in [0.5, 0.6) is 5.75 Å². The number of carboxylic acid groups (broad SMARTS) is 1. The van der Waals surface area contributed by atoms with Crippen LogP contribution in [0.3, 0.4) is 0 Å². The van der Waals surface area contributed by atoms with Crippen LogP contribution in [0, 0.1) is 5.92 Å². The molecular formula is C32H48N8O5. The maximum Gasteiger partial charge on any atom is 0.320 e. The molecule has 1 aromatic carbocycles. The zero-order valence-corrected chi connectivity index (χ0v) is 25.9. The number of benzene rings is 1. The Balaban J connectivity index is 1.05. The number of fused-ring (bicyclic) bond motifs is 1. The lowest BCUT2D eigenvalue weighted by Gasteiger charge is -2.26. The van der Waals surface area contributed by atoms with Crippen LogP contribution in [0.1, 0.15) is 64.0 Å². The summed E-state index contributed by atoms with van der Waals surface area (Å²) in [5.41, 5.74) is 12.7. The third-order valence-electron chi connectivity index (χ3n) is 9.00. The summed E-state index contributed by atoms with van der Waals surface area (Å²) in [7, 11) is 0. The molecule has 0 radical (unpaired) electrons. The molecule has 3 heterocycles. The van der Waals surface area contributed by atoms with Crippen LogP contribution < -0.4 is 21.5 Å². The first-order chi connectivity index (χ1) is 21.9. The summed E-state index contributed by atoms with van der Waals surface area (Å²) in [6.45, 7) is 3.69. The predicted octanol–water partition coefficient (Wildman–Crippen LogP) is 2.56. The van der Waals surface area contributed by atoms with Crippen molar-refractivity contribution in [1.82, 2.24) is 29.7 Å². The SMILES string of the molecule is Nc1ncnc2c1ncn2[C@@H]1O[C@H](CN(CCCNCCC2CCCC(Oc3ccccc3)CC2)CC[C@H](N)C(=O)O)C[C@H]1O. The Kier molecular flexibility index (Phi) is 11.9. The number of carboxylic acids is 1.